The van der Waals surface area contributed by atoms with Crippen molar-refractivity contribution >= 4 is 65.4 Å². The molecule has 1 aliphatic carbocycles. The van der Waals surface area contributed by atoms with Gasteiger partial charge in [-0.15, -0.1) is 0 Å². The maximum Gasteiger partial charge on any atom is 0.142 e. The summed E-state index contributed by atoms with van der Waals surface area (Å²) in [5.41, 5.74) is 9.81. The molecule has 1 heterocycles. The van der Waals surface area contributed by atoms with E-state index in [1.165, 1.54) is 76.5 Å². The third-order valence-electron chi connectivity index (χ3n) is 9.21. The van der Waals surface area contributed by atoms with Crippen molar-refractivity contribution in [1.29, 1.82) is 0 Å². The number of allylic oxidation sites excluding steroid dienone is 4. The third-order valence-corrected chi connectivity index (χ3v) is 9.21. The first kappa shape index (κ1) is 24.2. The Kier molecular flexibility index (Phi) is 5.39. The van der Waals surface area contributed by atoms with Crippen LogP contribution in [0.5, 0.6) is 0 Å². The number of benzene rings is 7. The normalized spacial score (nSPS) is 13.7. The van der Waals surface area contributed by atoms with Crippen LogP contribution in [0.3, 0.4) is 0 Å². The maximum atomic E-state index is 6.39. The van der Waals surface area contributed by atoms with Gasteiger partial charge in [-0.2, -0.15) is 0 Å². The van der Waals surface area contributed by atoms with Gasteiger partial charge in [0.25, 0.3) is 0 Å². The van der Waals surface area contributed by atoms with Gasteiger partial charge in [0.1, 0.15) is 11.2 Å². The summed E-state index contributed by atoms with van der Waals surface area (Å²) in [4.78, 5) is 0. The van der Waals surface area contributed by atoms with Gasteiger partial charge in [-0.3, -0.25) is 0 Å². The van der Waals surface area contributed by atoms with Gasteiger partial charge in [0, 0.05) is 16.3 Å². The number of para-hydroxylation sites is 2. The van der Waals surface area contributed by atoms with Crippen LogP contribution in [-0.2, 0) is 0 Å². The van der Waals surface area contributed by atoms with E-state index in [1.807, 2.05) is 6.07 Å². The number of hydrogen-bond acceptors (Lipinski definition) is 1. The molecule has 1 heteroatoms. The van der Waals surface area contributed by atoms with Crippen molar-refractivity contribution < 1.29 is 4.42 Å². The average Bonchev–Trinajstić information content (AvgIpc) is 3.46. The molecule has 1 aromatic heterocycles. The molecule has 0 atom stereocenters. The second-order valence-electron chi connectivity index (χ2n) is 11.5. The SMILES string of the molecule is C1=C(c2c3ccccc3c(-c3cccc4ccccc34)c3ccccc23)CCC(c2cccc3c2oc2ccccc23)=C1. The summed E-state index contributed by atoms with van der Waals surface area (Å²) in [7, 11) is 0. The second kappa shape index (κ2) is 9.58. The van der Waals surface area contributed by atoms with Gasteiger partial charge in [-0.25, -0.2) is 0 Å². The zero-order valence-corrected chi connectivity index (χ0v) is 23.7. The molecule has 1 nitrogen and oxygen atoms in total. The molecule has 0 amide bonds. The topological polar surface area (TPSA) is 13.1 Å². The van der Waals surface area contributed by atoms with Gasteiger partial charge in [0.2, 0.25) is 0 Å². The molecule has 1 aliphatic rings. The Hall–Kier alpha value is -5.40. The number of hydrogen-bond donors (Lipinski definition) is 0. The largest absolute Gasteiger partial charge is 0.455 e. The monoisotopic (exact) mass is 548 g/mol. The number of rotatable bonds is 3. The zero-order valence-electron chi connectivity index (χ0n) is 23.7. The maximum absolute atomic E-state index is 6.39. The highest BCUT2D eigenvalue weighted by Gasteiger charge is 2.21. The van der Waals surface area contributed by atoms with E-state index in [1.54, 1.807) is 0 Å². The fraction of sp³-hybridized carbons (Fsp3) is 0.0476. The van der Waals surface area contributed by atoms with E-state index >= 15 is 0 Å². The fourth-order valence-electron chi connectivity index (χ4n) is 7.28. The zero-order chi connectivity index (χ0) is 28.3. The van der Waals surface area contributed by atoms with Gasteiger partial charge in [-0.05, 0) is 79.1 Å². The molecule has 0 aliphatic heterocycles. The lowest BCUT2D eigenvalue weighted by atomic mass is 9.82. The van der Waals surface area contributed by atoms with E-state index in [0.717, 1.165) is 24.0 Å². The van der Waals surface area contributed by atoms with Crippen molar-refractivity contribution in [3.63, 3.8) is 0 Å². The lowest BCUT2D eigenvalue weighted by Crippen LogP contribution is -1.98. The molecule has 0 saturated carbocycles. The van der Waals surface area contributed by atoms with Gasteiger partial charge in [-0.1, -0.05) is 140 Å². The van der Waals surface area contributed by atoms with E-state index in [0.29, 0.717) is 0 Å². The van der Waals surface area contributed by atoms with Crippen molar-refractivity contribution in [2.75, 3.05) is 0 Å². The predicted molar refractivity (Wildman–Crippen MR) is 183 cm³/mol. The number of fused-ring (bicyclic) bond motifs is 6. The highest BCUT2D eigenvalue weighted by atomic mass is 16.3. The van der Waals surface area contributed by atoms with Crippen molar-refractivity contribution in [2.45, 2.75) is 12.8 Å². The first-order valence-electron chi connectivity index (χ1n) is 15.1. The van der Waals surface area contributed by atoms with Crippen LogP contribution in [0, 0.1) is 0 Å². The van der Waals surface area contributed by atoms with Gasteiger partial charge in [0.05, 0.1) is 0 Å². The highest BCUT2D eigenvalue weighted by molar-refractivity contribution is 6.21. The Morgan fingerprint density at radius 1 is 0.372 bits per heavy atom. The number of furan rings is 1. The molecule has 0 spiro atoms. The fourth-order valence-corrected chi connectivity index (χ4v) is 7.28. The molecule has 0 radical (unpaired) electrons. The van der Waals surface area contributed by atoms with E-state index in [9.17, 15) is 0 Å². The molecule has 0 bridgehead atoms. The molecular formula is C42H28O. The minimum Gasteiger partial charge on any atom is -0.455 e. The molecule has 8 aromatic rings. The Labute approximate surface area is 250 Å². The molecule has 9 rings (SSSR count). The summed E-state index contributed by atoms with van der Waals surface area (Å²) in [5, 5.41) is 10.1. The summed E-state index contributed by atoms with van der Waals surface area (Å²) in [6.45, 7) is 0. The first-order chi connectivity index (χ1) is 21.3. The summed E-state index contributed by atoms with van der Waals surface area (Å²) in [6, 6.07) is 48.2. The van der Waals surface area contributed by atoms with Crippen LogP contribution < -0.4 is 0 Å². The van der Waals surface area contributed by atoms with Crippen molar-refractivity contribution in [3.05, 3.63) is 157 Å². The van der Waals surface area contributed by atoms with Crippen LogP contribution in [0.1, 0.15) is 24.0 Å². The second-order valence-corrected chi connectivity index (χ2v) is 11.5. The van der Waals surface area contributed by atoms with Gasteiger partial charge >= 0.3 is 0 Å². The quantitative estimate of drug-likeness (QED) is 0.200. The van der Waals surface area contributed by atoms with Crippen molar-refractivity contribution in [2.24, 2.45) is 0 Å². The Morgan fingerprint density at radius 3 is 1.60 bits per heavy atom. The summed E-state index contributed by atoms with van der Waals surface area (Å²) in [5.74, 6) is 0. The summed E-state index contributed by atoms with van der Waals surface area (Å²) >= 11 is 0. The van der Waals surface area contributed by atoms with Crippen LogP contribution in [0.4, 0.5) is 0 Å². The standard InChI is InChI=1S/C42H28O/c1-2-13-30-27(11-1)12-9-20-33(30)41-36-17-5-3-15-34(36)40(35-16-4-6-18-37(35)41)29-25-23-28(24-26-29)31-19-10-21-38-32-14-7-8-22-39(32)43-42(31)38/h1-23,25H,24,26H2. The summed E-state index contributed by atoms with van der Waals surface area (Å²) < 4.78 is 6.39. The molecule has 43 heavy (non-hydrogen) atoms. The van der Waals surface area contributed by atoms with Crippen molar-refractivity contribution in [1.82, 2.24) is 0 Å². The lowest BCUT2D eigenvalue weighted by Gasteiger charge is -2.22. The summed E-state index contributed by atoms with van der Waals surface area (Å²) in [6.07, 6.45) is 6.62. The van der Waals surface area contributed by atoms with E-state index in [2.05, 4.69) is 140 Å². The predicted octanol–water partition coefficient (Wildman–Crippen LogP) is 12.0. The Balaban J connectivity index is 1.26. The van der Waals surface area contributed by atoms with Gasteiger partial charge in [0.15, 0.2) is 0 Å². The van der Waals surface area contributed by atoms with Crippen LogP contribution in [-0.4, -0.2) is 0 Å². The molecule has 0 N–H and O–H groups in total. The first-order valence-corrected chi connectivity index (χ1v) is 15.1. The minimum absolute atomic E-state index is 0.946. The lowest BCUT2D eigenvalue weighted by molar-refractivity contribution is 0.667. The molecule has 202 valence electrons. The van der Waals surface area contributed by atoms with E-state index in [-0.39, 0.29) is 0 Å². The molecule has 0 unspecified atom stereocenters. The Bertz CT molecular complexity index is 2390. The van der Waals surface area contributed by atoms with Crippen LogP contribution in [0.15, 0.2) is 150 Å². The smallest absolute Gasteiger partial charge is 0.142 e. The van der Waals surface area contributed by atoms with Crippen LogP contribution >= 0.6 is 0 Å². The van der Waals surface area contributed by atoms with Crippen molar-refractivity contribution in [3.8, 4) is 11.1 Å². The average molecular weight is 549 g/mol. The molecule has 0 saturated heterocycles. The molecular weight excluding hydrogens is 520 g/mol. The van der Waals surface area contributed by atoms with Gasteiger partial charge < -0.3 is 4.42 Å². The van der Waals surface area contributed by atoms with Crippen LogP contribution in [0.2, 0.25) is 0 Å². The highest BCUT2D eigenvalue weighted by Crippen LogP contribution is 2.46. The third kappa shape index (κ3) is 3.72. The molecule has 7 aromatic carbocycles. The van der Waals surface area contributed by atoms with Crippen LogP contribution in [0.25, 0.3) is 76.5 Å². The van der Waals surface area contributed by atoms with E-state index < -0.39 is 0 Å². The van der Waals surface area contributed by atoms with E-state index in [4.69, 9.17) is 4.42 Å². The molecule has 0 fully saturated rings. The minimum atomic E-state index is 0.946. The Morgan fingerprint density at radius 2 is 0.884 bits per heavy atom.